The third kappa shape index (κ3) is 1.94. The molecule has 94 valence electrons. The monoisotopic (exact) mass is 239 g/mol. The molecule has 1 saturated heterocycles. The van der Waals surface area contributed by atoms with Crippen molar-refractivity contribution in [1.82, 2.24) is 5.06 Å². The van der Waals surface area contributed by atoms with E-state index >= 15 is 0 Å². The lowest BCUT2D eigenvalue weighted by Crippen LogP contribution is -2.51. The fourth-order valence-electron chi connectivity index (χ4n) is 2.17. The molecule has 0 bridgehead atoms. The van der Waals surface area contributed by atoms with Gasteiger partial charge in [-0.3, -0.25) is 9.59 Å². The Hall–Kier alpha value is -1.40. The lowest BCUT2D eigenvalue weighted by atomic mass is 10.1. The molecule has 0 unspecified atom stereocenters. The van der Waals surface area contributed by atoms with Gasteiger partial charge in [-0.15, -0.1) is 0 Å². The molecule has 0 aromatic heterocycles. The second-order valence-electron chi connectivity index (χ2n) is 4.35. The van der Waals surface area contributed by atoms with Crippen LogP contribution in [0.3, 0.4) is 0 Å². The fourth-order valence-corrected chi connectivity index (χ4v) is 2.17. The quantitative estimate of drug-likeness (QED) is 0.633. The summed E-state index contributed by atoms with van der Waals surface area (Å²) in [6, 6.07) is 0. The second-order valence-corrected chi connectivity index (χ2v) is 4.35. The van der Waals surface area contributed by atoms with E-state index in [1.54, 1.807) is 26.1 Å². The zero-order chi connectivity index (χ0) is 12.6. The van der Waals surface area contributed by atoms with Crippen molar-refractivity contribution >= 4 is 11.4 Å². The molecule has 1 heterocycles. The molecule has 1 fully saturated rings. The molecule has 0 atom stereocenters. The lowest BCUT2D eigenvalue weighted by molar-refractivity contribution is -0.133. The molecule has 1 aromatic carbocycles. The van der Waals surface area contributed by atoms with E-state index in [4.69, 9.17) is 4.84 Å². The van der Waals surface area contributed by atoms with Crippen LogP contribution in [0.5, 0.6) is 0 Å². The molecule has 1 aliphatic heterocycles. The van der Waals surface area contributed by atoms with Gasteiger partial charge in [-0.2, -0.15) is 5.06 Å². The summed E-state index contributed by atoms with van der Waals surface area (Å²) in [6.07, 6.45) is 0. The minimum absolute atomic E-state index is 0.362. The van der Waals surface area contributed by atoms with Crippen molar-refractivity contribution in [1.29, 1.82) is 0 Å². The van der Waals surface area contributed by atoms with Crippen molar-refractivity contribution in [3.8, 4) is 0 Å². The Kier molecular flexibility index (Phi) is 3.17. The van der Waals surface area contributed by atoms with Crippen LogP contribution in [0.25, 0.3) is 0 Å². The van der Waals surface area contributed by atoms with Gasteiger partial charge in [-0.25, -0.2) is 0 Å². The van der Waals surface area contributed by atoms with Crippen LogP contribution in [0, 0.1) is 0 Å². The van der Waals surface area contributed by atoms with Crippen LogP contribution in [0.4, 0.5) is 11.4 Å². The molecule has 1 aromatic rings. The summed E-state index contributed by atoms with van der Waals surface area (Å²) in [5.74, 6) is 0. The molecule has 1 aliphatic rings. The highest BCUT2D eigenvalue weighted by Gasteiger charge is 2.29. The van der Waals surface area contributed by atoms with Crippen LogP contribution >= 0.6 is 0 Å². The van der Waals surface area contributed by atoms with Crippen molar-refractivity contribution in [3.63, 3.8) is 0 Å². The Morgan fingerprint density at radius 2 is 1.65 bits per heavy atom. The largest absolute Gasteiger partial charge is 0.373 e. The van der Waals surface area contributed by atoms with Crippen LogP contribution in [-0.2, 0) is 4.84 Å². The molecular weight excluding hydrogens is 222 g/mol. The van der Waals surface area contributed by atoms with Gasteiger partial charge in [-0.1, -0.05) is 0 Å². The average Bonchev–Trinajstić information content (AvgIpc) is 2.34. The van der Waals surface area contributed by atoms with E-state index in [0.29, 0.717) is 24.5 Å². The van der Waals surface area contributed by atoms with E-state index in [1.165, 1.54) is 0 Å². The maximum absolute atomic E-state index is 11.6. The van der Waals surface area contributed by atoms with E-state index in [0.717, 1.165) is 13.1 Å². The van der Waals surface area contributed by atoms with Crippen molar-refractivity contribution < 1.29 is 4.84 Å². The van der Waals surface area contributed by atoms with Crippen molar-refractivity contribution in [2.24, 2.45) is 0 Å². The Morgan fingerprint density at radius 3 is 2.12 bits per heavy atom. The van der Waals surface area contributed by atoms with Crippen molar-refractivity contribution in [2.75, 3.05) is 57.2 Å². The highest BCUT2D eigenvalue weighted by atomic mass is 16.7. The molecule has 0 aliphatic carbocycles. The van der Waals surface area contributed by atoms with Gasteiger partial charge < -0.3 is 14.6 Å². The van der Waals surface area contributed by atoms with Gasteiger partial charge in [0.25, 0.3) is 10.9 Å². The molecule has 2 rings (SSSR count). The standard InChI is InChI=1S/C11H17N3O3/c1-12(2)8-9(11(16)10(8)15)13-4-6-14(17-3)7-5-13/h4-7H2,1-3H3. The number of nitrogens with zero attached hydrogens (tertiary/aromatic N) is 3. The topological polar surface area (TPSA) is 53.1 Å². The molecule has 0 N–H and O–H groups in total. The summed E-state index contributed by atoms with van der Waals surface area (Å²) in [7, 11) is 5.20. The average molecular weight is 239 g/mol. The molecule has 0 radical (unpaired) electrons. The summed E-state index contributed by atoms with van der Waals surface area (Å²) in [5, 5.41) is 1.84. The first-order chi connectivity index (χ1) is 8.06. The van der Waals surface area contributed by atoms with Crippen molar-refractivity contribution in [3.05, 3.63) is 20.4 Å². The van der Waals surface area contributed by atoms with Gasteiger partial charge >= 0.3 is 0 Å². The molecule has 17 heavy (non-hydrogen) atoms. The zero-order valence-electron chi connectivity index (χ0n) is 10.4. The fraction of sp³-hybridized carbons (Fsp3) is 0.636. The van der Waals surface area contributed by atoms with Crippen LogP contribution < -0.4 is 20.7 Å². The molecule has 0 amide bonds. The lowest BCUT2D eigenvalue weighted by Gasteiger charge is -2.36. The zero-order valence-corrected chi connectivity index (χ0v) is 10.4. The molecule has 0 spiro atoms. The minimum atomic E-state index is -0.376. The van der Waals surface area contributed by atoms with E-state index in [9.17, 15) is 9.59 Å². The van der Waals surface area contributed by atoms with Crippen LogP contribution in [0.1, 0.15) is 0 Å². The smallest absolute Gasteiger partial charge is 0.253 e. The first-order valence-corrected chi connectivity index (χ1v) is 5.61. The Labute approximate surface area is 99.6 Å². The maximum Gasteiger partial charge on any atom is 0.253 e. The van der Waals surface area contributed by atoms with E-state index in [2.05, 4.69) is 0 Å². The Balaban J connectivity index is 2.17. The second kappa shape index (κ2) is 4.46. The van der Waals surface area contributed by atoms with Crippen LogP contribution in [0.15, 0.2) is 9.59 Å². The number of hydrogen-bond acceptors (Lipinski definition) is 6. The van der Waals surface area contributed by atoms with Crippen LogP contribution in [-0.4, -0.2) is 52.4 Å². The Morgan fingerprint density at radius 1 is 1.06 bits per heavy atom. The molecule has 0 saturated carbocycles. The Bertz CT molecular complexity index is 468. The van der Waals surface area contributed by atoms with Gasteiger partial charge in [0.05, 0.1) is 7.11 Å². The van der Waals surface area contributed by atoms with E-state index in [-0.39, 0.29) is 10.9 Å². The third-order valence-electron chi connectivity index (χ3n) is 3.12. The van der Waals surface area contributed by atoms with Gasteiger partial charge in [0, 0.05) is 40.3 Å². The predicted octanol–water partition coefficient (Wildman–Crippen LogP) is -0.968. The highest BCUT2D eigenvalue weighted by Crippen LogP contribution is 2.23. The SMILES string of the molecule is CON1CCN(c2c(N(C)C)c(=O)c2=O)CC1. The minimum Gasteiger partial charge on any atom is -0.373 e. The number of anilines is 2. The summed E-state index contributed by atoms with van der Waals surface area (Å²) >= 11 is 0. The third-order valence-corrected chi connectivity index (χ3v) is 3.12. The van der Waals surface area contributed by atoms with Gasteiger partial charge in [0.1, 0.15) is 11.4 Å². The van der Waals surface area contributed by atoms with Crippen molar-refractivity contribution in [2.45, 2.75) is 0 Å². The predicted molar refractivity (Wildman–Crippen MR) is 66.5 cm³/mol. The van der Waals surface area contributed by atoms with E-state index < -0.39 is 0 Å². The van der Waals surface area contributed by atoms with Crippen LogP contribution in [0.2, 0.25) is 0 Å². The van der Waals surface area contributed by atoms with Gasteiger partial charge in [0.2, 0.25) is 0 Å². The van der Waals surface area contributed by atoms with Gasteiger partial charge in [-0.05, 0) is 0 Å². The van der Waals surface area contributed by atoms with E-state index in [1.807, 2.05) is 9.96 Å². The number of piperazine rings is 1. The first-order valence-electron chi connectivity index (χ1n) is 5.61. The summed E-state index contributed by atoms with van der Waals surface area (Å²) in [4.78, 5) is 31.9. The molecule has 6 nitrogen and oxygen atoms in total. The number of rotatable bonds is 3. The number of hydrogen-bond donors (Lipinski definition) is 0. The normalized spacial score (nSPS) is 17.7. The molecular formula is C11H17N3O3. The molecule has 6 heteroatoms. The first kappa shape index (κ1) is 12.1. The van der Waals surface area contributed by atoms with Gasteiger partial charge in [0.15, 0.2) is 0 Å². The summed E-state index contributed by atoms with van der Waals surface area (Å²) in [6.45, 7) is 2.89. The summed E-state index contributed by atoms with van der Waals surface area (Å²) in [5.41, 5.74) is 0.357. The maximum atomic E-state index is 11.6. The summed E-state index contributed by atoms with van der Waals surface area (Å²) < 4.78 is 0. The number of hydroxylamine groups is 2. The highest BCUT2D eigenvalue weighted by molar-refractivity contribution is 5.76.